The van der Waals surface area contributed by atoms with Gasteiger partial charge in [0.1, 0.15) is 6.61 Å². The van der Waals surface area contributed by atoms with E-state index in [2.05, 4.69) is 4.98 Å². The molecule has 0 fully saturated rings. The van der Waals surface area contributed by atoms with Crippen molar-refractivity contribution in [2.45, 2.75) is 13.5 Å². The van der Waals surface area contributed by atoms with E-state index in [1.165, 1.54) is 4.90 Å². The lowest BCUT2D eigenvalue weighted by atomic mass is 10.1. The number of hydrogen-bond acceptors (Lipinski definition) is 5. The number of hydrogen-bond donors (Lipinski definition) is 0. The van der Waals surface area contributed by atoms with Crippen LogP contribution < -0.4 is 9.47 Å². The number of thiazole rings is 1. The van der Waals surface area contributed by atoms with Crippen LogP contribution in [-0.2, 0) is 6.61 Å². The lowest BCUT2D eigenvalue weighted by Gasteiger charge is -2.16. The molecule has 1 aromatic heterocycles. The second-order valence-electron chi connectivity index (χ2n) is 4.67. The van der Waals surface area contributed by atoms with Crippen LogP contribution in [0.4, 0.5) is 0 Å². The fourth-order valence-electron chi connectivity index (χ4n) is 1.85. The molecule has 1 aromatic carbocycles. The molecule has 0 bridgehead atoms. The molecule has 0 spiro atoms. The van der Waals surface area contributed by atoms with Gasteiger partial charge in [-0.3, -0.25) is 4.79 Å². The molecule has 0 aliphatic heterocycles. The van der Waals surface area contributed by atoms with Gasteiger partial charge in [-0.05, 0) is 19.1 Å². The molecule has 112 valence electrons. The summed E-state index contributed by atoms with van der Waals surface area (Å²) in [5, 5.41) is 0.984. The summed E-state index contributed by atoms with van der Waals surface area (Å²) in [6, 6.07) is 5.29. The average molecular weight is 306 g/mol. The van der Waals surface area contributed by atoms with Gasteiger partial charge >= 0.3 is 0 Å². The van der Waals surface area contributed by atoms with E-state index in [1.54, 1.807) is 56.9 Å². The lowest BCUT2D eigenvalue weighted by molar-refractivity contribution is 0.0822. The van der Waals surface area contributed by atoms with Crippen molar-refractivity contribution in [3.63, 3.8) is 0 Å². The van der Waals surface area contributed by atoms with Crippen LogP contribution in [0.5, 0.6) is 11.5 Å². The summed E-state index contributed by atoms with van der Waals surface area (Å²) in [5.74, 6) is 0.887. The van der Waals surface area contributed by atoms with Crippen molar-refractivity contribution >= 4 is 17.2 Å². The number of ether oxygens (including phenoxy) is 2. The molecule has 0 aliphatic rings. The summed E-state index contributed by atoms with van der Waals surface area (Å²) in [6.45, 7) is 2.30. The highest BCUT2D eigenvalue weighted by molar-refractivity contribution is 7.11. The van der Waals surface area contributed by atoms with Gasteiger partial charge in [0.05, 0.1) is 22.6 Å². The molecule has 0 radical (unpaired) electrons. The molecule has 0 saturated carbocycles. The van der Waals surface area contributed by atoms with E-state index in [4.69, 9.17) is 9.47 Å². The number of methoxy groups -OCH3 is 1. The third kappa shape index (κ3) is 3.52. The van der Waals surface area contributed by atoms with Crippen molar-refractivity contribution in [3.8, 4) is 11.5 Å². The maximum atomic E-state index is 12.2. The Kier molecular flexibility index (Phi) is 4.80. The molecule has 5 nitrogen and oxygen atoms in total. The molecular formula is C15H18N2O3S. The SMILES string of the molecule is COc1cccc(C(=O)N(C)C)c1OCc1cnc(C)s1. The lowest BCUT2D eigenvalue weighted by Crippen LogP contribution is -2.22. The van der Waals surface area contributed by atoms with Gasteiger partial charge in [-0.15, -0.1) is 11.3 Å². The third-order valence-electron chi connectivity index (χ3n) is 2.86. The van der Waals surface area contributed by atoms with E-state index in [0.29, 0.717) is 23.7 Å². The first-order chi connectivity index (χ1) is 10.0. The standard InChI is InChI=1S/C15H18N2O3S/c1-10-16-8-11(21-10)9-20-14-12(15(18)17(2)3)6-5-7-13(14)19-4/h5-8H,9H2,1-4H3. The number of aryl methyl sites for hydroxylation is 1. The fraction of sp³-hybridized carbons (Fsp3) is 0.333. The van der Waals surface area contributed by atoms with Crippen molar-refractivity contribution in [1.29, 1.82) is 0 Å². The van der Waals surface area contributed by atoms with Crippen molar-refractivity contribution < 1.29 is 14.3 Å². The van der Waals surface area contributed by atoms with Gasteiger partial charge in [0.2, 0.25) is 0 Å². The molecule has 21 heavy (non-hydrogen) atoms. The van der Waals surface area contributed by atoms with Crippen molar-refractivity contribution in [2.75, 3.05) is 21.2 Å². The number of benzene rings is 1. The summed E-state index contributed by atoms with van der Waals surface area (Å²) in [6.07, 6.45) is 1.78. The molecule has 0 saturated heterocycles. The van der Waals surface area contributed by atoms with Crippen LogP contribution in [-0.4, -0.2) is 37.0 Å². The Bertz CT molecular complexity index is 638. The highest BCUT2D eigenvalue weighted by Crippen LogP contribution is 2.32. The minimum absolute atomic E-state index is 0.121. The molecule has 1 heterocycles. The smallest absolute Gasteiger partial charge is 0.257 e. The number of nitrogens with zero attached hydrogens (tertiary/aromatic N) is 2. The van der Waals surface area contributed by atoms with E-state index in [9.17, 15) is 4.79 Å². The van der Waals surface area contributed by atoms with Crippen LogP contribution in [0.2, 0.25) is 0 Å². The van der Waals surface area contributed by atoms with Crippen LogP contribution in [0, 0.1) is 6.92 Å². The number of rotatable bonds is 5. The summed E-state index contributed by atoms with van der Waals surface area (Å²) in [7, 11) is 4.97. The monoisotopic (exact) mass is 306 g/mol. The normalized spacial score (nSPS) is 10.3. The van der Waals surface area contributed by atoms with Crippen LogP contribution >= 0.6 is 11.3 Å². The Hall–Kier alpha value is -2.08. The molecule has 0 unspecified atom stereocenters. The van der Waals surface area contributed by atoms with Gasteiger partial charge in [-0.2, -0.15) is 0 Å². The fourth-order valence-corrected chi connectivity index (χ4v) is 2.56. The molecule has 2 rings (SSSR count). The van der Waals surface area contributed by atoms with Gasteiger partial charge in [0, 0.05) is 20.3 Å². The zero-order chi connectivity index (χ0) is 15.4. The average Bonchev–Trinajstić information content (AvgIpc) is 2.89. The van der Waals surface area contributed by atoms with E-state index >= 15 is 0 Å². The number of carbonyl (C=O) groups excluding carboxylic acids is 1. The predicted molar refractivity (Wildman–Crippen MR) is 82.2 cm³/mol. The zero-order valence-corrected chi connectivity index (χ0v) is 13.4. The van der Waals surface area contributed by atoms with E-state index < -0.39 is 0 Å². The summed E-state index contributed by atoms with van der Waals surface area (Å²) >= 11 is 1.57. The Morgan fingerprint density at radius 2 is 2.14 bits per heavy atom. The first kappa shape index (κ1) is 15.3. The first-order valence-corrected chi connectivity index (χ1v) is 7.27. The second kappa shape index (κ2) is 6.58. The number of carbonyl (C=O) groups is 1. The summed E-state index contributed by atoms with van der Waals surface area (Å²) < 4.78 is 11.1. The number of aromatic nitrogens is 1. The summed E-state index contributed by atoms with van der Waals surface area (Å²) in [5.41, 5.74) is 0.487. The Morgan fingerprint density at radius 1 is 1.38 bits per heavy atom. The molecule has 0 N–H and O–H groups in total. The maximum absolute atomic E-state index is 12.2. The van der Waals surface area contributed by atoms with Crippen LogP contribution in [0.15, 0.2) is 24.4 Å². The quantitative estimate of drug-likeness (QED) is 0.852. The third-order valence-corrected chi connectivity index (χ3v) is 3.75. The largest absolute Gasteiger partial charge is 0.493 e. The minimum Gasteiger partial charge on any atom is -0.493 e. The summed E-state index contributed by atoms with van der Waals surface area (Å²) in [4.78, 5) is 18.9. The Morgan fingerprint density at radius 3 is 2.71 bits per heavy atom. The van der Waals surface area contributed by atoms with Crippen molar-refractivity contribution in [3.05, 3.63) is 39.8 Å². The molecule has 0 aliphatic carbocycles. The number of para-hydroxylation sites is 1. The van der Waals surface area contributed by atoms with Crippen LogP contribution in [0.25, 0.3) is 0 Å². The Balaban J connectivity index is 2.29. The van der Waals surface area contributed by atoms with Gasteiger partial charge in [0.25, 0.3) is 5.91 Å². The van der Waals surface area contributed by atoms with E-state index in [-0.39, 0.29) is 5.91 Å². The molecule has 0 atom stereocenters. The van der Waals surface area contributed by atoms with Crippen molar-refractivity contribution in [1.82, 2.24) is 9.88 Å². The molecular weight excluding hydrogens is 288 g/mol. The minimum atomic E-state index is -0.121. The molecule has 2 aromatic rings. The molecule has 6 heteroatoms. The van der Waals surface area contributed by atoms with E-state index in [1.807, 2.05) is 6.92 Å². The van der Waals surface area contributed by atoms with Gasteiger partial charge in [0.15, 0.2) is 11.5 Å². The zero-order valence-electron chi connectivity index (χ0n) is 12.5. The topological polar surface area (TPSA) is 51.7 Å². The van der Waals surface area contributed by atoms with Crippen LogP contribution in [0.3, 0.4) is 0 Å². The maximum Gasteiger partial charge on any atom is 0.257 e. The second-order valence-corrected chi connectivity index (χ2v) is 5.99. The highest BCUT2D eigenvalue weighted by Gasteiger charge is 2.18. The van der Waals surface area contributed by atoms with Gasteiger partial charge in [-0.1, -0.05) is 6.07 Å². The van der Waals surface area contributed by atoms with Crippen LogP contribution in [0.1, 0.15) is 20.2 Å². The molecule has 1 amide bonds. The predicted octanol–water partition coefficient (Wildman–Crippen LogP) is 2.74. The first-order valence-electron chi connectivity index (χ1n) is 6.45. The van der Waals surface area contributed by atoms with Gasteiger partial charge in [-0.25, -0.2) is 4.98 Å². The highest BCUT2D eigenvalue weighted by atomic mass is 32.1. The van der Waals surface area contributed by atoms with E-state index in [0.717, 1.165) is 9.88 Å². The Labute approximate surface area is 128 Å². The number of amides is 1. The van der Waals surface area contributed by atoms with Gasteiger partial charge < -0.3 is 14.4 Å². The van der Waals surface area contributed by atoms with Crippen molar-refractivity contribution in [2.24, 2.45) is 0 Å².